The van der Waals surface area contributed by atoms with Crippen molar-refractivity contribution in [3.63, 3.8) is 0 Å². The number of H-pyrrole nitrogens is 1. The number of hydrogen-bond donors (Lipinski definition) is 1. The number of aryl methyl sites for hydroxylation is 1. The number of nitrogens with one attached hydrogen (secondary N) is 1. The van der Waals surface area contributed by atoms with Crippen molar-refractivity contribution in [2.45, 2.75) is 64.8 Å². The molecule has 1 N–H and O–H groups in total. The van der Waals surface area contributed by atoms with Gasteiger partial charge in [0.25, 0.3) is 0 Å². The molecule has 1 fully saturated rings. The molecule has 7 nitrogen and oxygen atoms in total. The number of fused-ring (bicyclic) bond motifs is 2. The Balaban J connectivity index is 1.28. The van der Waals surface area contributed by atoms with Gasteiger partial charge in [0.2, 0.25) is 0 Å². The number of aromatic nitrogens is 5. The predicted molar refractivity (Wildman–Crippen MR) is 119 cm³/mol. The van der Waals surface area contributed by atoms with E-state index in [1.165, 1.54) is 36.2 Å². The molecule has 2 aliphatic rings. The van der Waals surface area contributed by atoms with Crippen molar-refractivity contribution in [3.8, 4) is 0 Å². The summed E-state index contributed by atoms with van der Waals surface area (Å²) >= 11 is 0. The summed E-state index contributed by atoms with van der Waals surface area (Å²) in [6.45, 7) is 11.7. The largest absolute Gasteiger partial charge is 0.354 e. The third-order valence-electron chi connectivity index (χ3n) is 6.50. The van der Waals surface area contributed by atoms with E-state index in [1.807, 2.05) is 4.52 Å². The number of aromatic amines is 1. The molecule has 30 heavy (non-hydrogen) atoms. The van der Waals surface area contributed by atoms with E-state index < -0.39 is 0 Å². The van der Waals surface area contributed by atoms with E-state index >= 15 is 0 Å². The second-order valence-corrected chi connectivity index (χ2v) is 9.82. The zero-order valence-electron chi connectivity index (χ0n) is 18.5. The van der Waals surface area contributed by atoms with E-state index in [0.717, 1.165) is 62.7 Å². The zero-order valence-corrected chi connectivity index (χ0v) is 18.5. The summed E-state index contributed by atoms with van der Waals surface area (Å²) in [7, 11) is 0. The summed E-state index contributed by atoms with van der Waals surface area (Å²) in [4.78, 5) is 9.71. The lowest BCUT2D eigenvalue weighted by molar-refractivity contribution is 0.281. The Labute approximate surface area is 178 Å². The molecule has 7 heteroatoms. The van der Waals surface area contributed by atoms with Crippen molar-refractivity contribution in [3.05, 3.63) is 41.0 Å². The Morgan fingerprint density at radius 2 is 1.87 bits per heavy atom. The standard InChI is InChI=1S/C23H33N7/c1-23(2,3)20-16-30-21(24-20)9-10-22(27-30)29-12-6-11-28(13-14-29)15-19-17-7-4-5-8-18(17)25-26-19/h9-10,16H,4-8,11-15H2,1-3H3,(H,25,26). The molecule has 1 aliphatic carbocycles. The lowest BCUT2D eigenvalue weighted by Gasteiger charge is -2.22. The first-order chi connectivity index (χ1) is 14.5. The molecular weight excluding hydrogens is 374 g/mol. The summed E-state index contributed by atoms with van der Waals surface area (Å²) in [6.07, 6.45) is 8.15. The van der Waals surface area contributed by atoms with Crippen LogP contribution in [0.25, 0.3) is 5.65 Å². The van der Waals surface area contributed by atoms with Gasteiger partial charge in [0.15, 0.2) is 5.65 Å². The fourth-order valence-corrected chi connectivity index (χ4v) is 4.65. The zero-order chi connectivity index (χ0) is 20.7. The van der Waals surface area contributed by atoms with Crippen molar-refractivity contribution < 1.29 is 0 Å². The molecule has 1 saturated heterocycles. The van der Waals surface area contributed by atoms with Crippen LogP contribution in [0.3, 0.4) is 0 Å². The Hall–Kier alpha value is -2.41. The topological polar surface area (TPSA) is 65.3 Å². The van der Waals surface area contributed by atoms with Crippen LogP contribution >= 0.6 is 0 Å². The monoisotopic (exact) mass is 407 g/mol. The van der Waals surface area contributed by atoms with Gasteiger partial charge in [-0.15, -0.1) is 5.10 Å². The average Bonchev–Trinajstić information content (AvgIpc) is 3.26. The summed E-state index contributed by atoms with van der Waals surface area (Å²) in [6, 6.07) is 4.21. The molecule has 160 valence electrons. The smallest absolute Gasteiger partial charge is 0.153 e. The van der Waals surface area contributed by atoms with Gasteiger partial charge in [-0.1, -0.05) is 20.8 Å². The molecule has 0 bridgehead atoms. The Bertz CT molecular complexity index is 1030. The summed E-state index contributed by atoms with van der Waals surface area (Å²) in [5.74, 6) is 1.04. The minimum atomic E-state index is 0.0302. The maximum Gasteiger partial charge on any atom is 0.153 e. The van der Waals surface area contributed by atoms with Crippen LogP contribution in [-0.4, -0.2) is 55.9 Å². The Morgan fingerprint density at radius 1 is 1.00 bits per heavy atom. The van der Waals surface area contributed by atoms with Gasteiger partial charge in [-0.05, 0) is 49.8 Å². The maximum absolute atomic E-state index is 4.88. The third-order valence-corrected chi connectivity index (χ3v) is 6.50. The van der Waals surface area contributed by atoms with Crippen molar-refractivity contribution in [1.29, 1.82) is 0 Å². The van der Waals surface area contributed by atoms with Crippen LogP contribution in [0.4, 0.5) is 5.82 Å². The summed E-state index contributed by atoms with van der Waals surface area (Å²) < 4.78 is 1.94. The Kier molecular flexibility index (Phi) is 5.01. The quantitative estimate of drug-likeness (QED) is 0.721. The predicted octanol–water partition coefficient (Wildman–Crippen LogP) is 3.34. The van der Waals surface area contributed by atoms with E-state index in [2.05, 4.69) is 59.1 Å². The van der Waals surface area contributed by atoms with Crippen molar-refractivity contribution in [2.75, 3.05) is 31.1 Å². The highest BCUT2D eigenvalue weighted by Gasteiger charge is 2.22. The highest BCUT2D eigenvalue weighted by Crippen LogP contribution is 2.25. The van der Waals surface area contributed by atoms with Gasteiger partial charge in [-0.2, -0.15) is 5.10 Å². The van der Waals surface area contributed by atoms with E-state index in [4.69, 9.17) is 10.1 Å². The third kappa shape index (κ3) is 3.83. The van der Waals surface area contributed by atoms with E-state index in [1.54, 1.807) is 0 Å². The molecule has 3 aromatic heterocycles. The highest BCUT2D eigenvalue weighted by atomic mass is 15.3. The van der Waals surface area contributed by atoms with Crippen molar-refractivity contribution in [2.24, 2.45) is 0 Å². The average molecular weight is 408 g/mol. The Morgan fingerprint density at radius 3 is 2.73 bits per heavy atom. The van der Waals surface area contributed by atoms with Gasteiger partial charge in [-0.25, -0.2) is 9.50 Å². The number of nitrogens with zero attached hydrogens (tertiary/aromatic N) is 6. The molecule has 0 unspecified atom stereocenters. The van der Waals surface area contributed by atoms with Gasteiger partial charge >= 0.3 is 0 Å². The number of rotatable bonds is 3. The second-order valence-electron chi connectivity index (χ2n) is 9.82. The van der Waals surface area contributed by atoms with Crippen molar-refractivity contribution >= 4 is 11.5 Å². The highest BCUT2D eigenvalue weighted by molar-refractivity contribution is 5.47. The molecule has 0 saturated carbocycles. The molecule has 1 aliphatic heterocycles. The first-order valence-electron chi connectivity index (χ1n) is 11.4. The lowest BCUT2D eigenvalue weighted by Crippen LogP contribution is -2.31. The van der Waals surface area contributed by atoms with Gasteiger partial charge in [0, 0.05) is 43.8 Å². The van der Waals surface area contributed by atoms with Gasteiger partial charge < -0.3 is 4.90 Å². The van der Waals surface area contributed by atoms with E-state index in [9.17, 15) is 0 Å². The molecular formula is C23H33N7. The molecule has 0 spiro atoms. The molecule has 0 atom stereocenters. The maximum atomic E-state index is 4.88. The molecule has 3 aromatic rings. The normalized spacial score (nSPS) is 18.6. The van der Waals surface area contributed by atoms with Crippen LogP contribution in [-0.2, 0) is 24.8 Å². The van der Waals surface area contributed by atoms with Crippen LogP contribution in [0, 0.1) is 0 Å². The number of imidazole rings is 1. The molecule has 4 heterocycles. The summed E-state index contributed by atoms with van der Waals surface area (Å²) in [5.41, 5.74) is 6.16. The van der Waals surface area contributed by atoms with Gasteiger partial charge in [-0.3, -0.25) is 10.00 Å². The molecule has 5 rings (SSSR count). The van der Waals surface area contributed by atoms with Crippen LogP contribution in [0.2, 0.25) is 0 Å². The van der Waals surface area contributed by atoms with Crippen LogP contribution in [0.5, 0.6) is 0 Å². The molecule has 0 amide bonds. The first-order valence-corrected chi connectivity index (χ1v) is 11.4. The lowest BCUT2D eigenvalue weighted by atomic mass is 9.93. The first kappa shape index (κ1) is 19.5. The van der Waals surface area contributed by atoms with E-state index in [-0.39, 0.29) is 5.41 Å². The minimum absolute atomic E-state index is 0.0302. The van der Waals surface area contributed by atoms with Crippen molar-refractivity contribution in [1.82, 2.24) is 29.7 Å². The summed E-state index contributed by atoms with van der Waals surface area (Å²) in [5, 5.41) is 12.8. The van der Waals surface area contributed by atoms with Crippen LogP contribution in [0.15, 0.2) is 18.3 Å². The fraction of sp³-hybridized carbons (Fsp3) is 0.609. The van der Waals surface area contributed by atoms with Gasteiger partial charge in [0.1, 0.15) is 5.82 Å². The molecule has 0 radical (unpaired) electrons. The number of hydrogen-bond acceptors (Lipinski definition) is 5. The number of anilines is 1. The fourth-order valence-electron chi connectivity index (χ4n) is 4.65. The molecule has 0 aromatic carbocycles. The van der Waals surface area contributed by atoms with Crippen LogP contribution < -0.4 is 4.90 Å². The van der Waals surface area contributed by atoms with Crippen LogP contribution in [0.1, 0.15) is 62.7 Å². The minimum Gasteiger partial charge on any atom is -0.354 e. The SMILES string of the molecule is CC(C)(C)c1cn2nc(N3CCCN(Cc4n[nH]c5c4CCCC5)CC3)ccc2n1. The second kappa shape index (κ2) is 7.69. The van der Waals surface area contributed by atoms with E-state index in [0.29, 0.717) is 0 Å². The van der Waals surface area contributed by atoms with Gasteiger partial charge in [0.05, 0.1) is 17.6 Å².